The molecule has 1 aliphatic rings. The van der Waals surface area contributed by atoms with E-state index >= 15 is 0 Å². The van der Waals surface area contributed by atoms with Crippen molar-refractivity contribution in [3.8, 4) is 0 Å². The van der Waals surface area contributed by atoms with Gasteiger partial charge in [-0.05, 0) is 26.2 Å². The summed E-state index contributed by atoms with van der Waals surface area (Å²) in [7, 11) is 1.73. The number of ether oxygens (including phenoxy) is 2. The molecule has 4 nitrogen and oxygen atoms in total. The third-order valence-corrected chi connectivity index (χ3v) is 4.24. The lowest BCUT2D eigenvalue weighted by atomic mass is 9.93. The number of hydrogen-bond acceptors (Lipinski definition) is 4. The summed E-state index contributed by atoms with van der Waals surface area (Å²) in [6.07, 6.45) is 3.37. The summed E-state index contributed by atoms with van der Waals surface area (Å²) >= 11 is 0. The zero-order valence-electron chi connectivity index (χ0n) is 13.2. The zero-order valence-corrected chi connectivity index (χ0v) is 13.2. The Bertz CT molecular complexity index is 238. The molecule has 0 amide bonds. The van der Waals surface area contributed by atoms with Gasteiger partial charge in [0.15, 0.2) is 0 Å². The Morgan fingerprint density at radius 3 is 2.68 bits per heavy atom. The maximum absolute atomic E-state index is 5.69. The molecule has 1 heterocycles. The van der Waals surface area contributed by atoms with Crippen LogP contribution in [0.25, 0.3) is 0 Å². The molecular formula is C15H32N2O2. The molecule has 1 fully saturated rings. The predicted octanol–water partition coefficient (Wildman–Crippen LogP) is 1.89. The first-order chi connectivity index (χ1) is 9.15. The van der Waals surface area contributed by atoms with Crippen LogP contribution in [0.1, 0.15) is 40.0 Å². The van der Waals surface area contributed by atoms with Crippen LogP contribution in [0.4, 0.5) is 0 Å². The first kappa shape index (κ1) is 16.9. The number of piperazine rings is 1. The summed E-state index contributed by atoms with van der Waals surface area (Å²) in [5.74, 6) is 0. The van der Waals surface area contributed by atoms with Crippen molar-refractivity contribution in [2.75, 3.05) is 46.6 Å². The first-order valence-electron chi connectivity index (χ1n) is 7.71. The van der Waals surface area contributed by atoms with Gasteiger partial charge in [-0.1, -0.05) is 13.8 Å². The van der Waals surface area contributed by atoms with Gasteiger partial charge in [-0.15, -0.1) is 0 Å². The summed E-state index contributed by atoms with van der Waals surface area (Å²) in [6, 6.07) is 0.655. The van der Waals surface area contributed by atoms with Crippen molar-refractivity contribution in [2.24, 2.45) is 0 Å². The van der Waals surface area contributed by atoms with E-state index < -0.39 is 0 Å². The van der Waals surface area contributed by atoms with Crippen LogP contribution in [-0.4, -0.2) is 63.0 Å². The standard InChI is InChI=1S/C15H32N2O2/c1-5-14-12-16-15(3,6-2)13-17(14)8-11-19-10-7-9-18-4/h14,16H,5-13H2,1-4H3. The quantitative estimate of drug-likeness (QED) is 0.650. The summed E-state index contributed by atoms with van der Waals surface area (Å²) in [5.41, 5.74) is 0.266. The van der Waals surface area contributed by atoms with Crippen LogP contribution < -0.4 is 5.32 Å². The van der Waals surface area contributed by atoms with E-state index in [2.05, 4.69) is 31.0 Å². The molecule has 2 atom stereocenters. The highest BCUT2D eigenvalue weighted by Gasteiger charge is 2.33. The van der Waals surface area contributed by atoms with Crippen molar-refractivity contribution >= 4 is 0 Å². The molecule has 0 saturated carbocycles. The molecule has 1 rings (SSSR count). The Kier molecular flexibility index (Phi) is 7.91. The molecule has 0 aromatic rings. The van der Waals surface area contributed by atoms with Gasteiger partial charge in [0.25, 0.3) is 0 Å². The number of hydrogen-bond donors (Lipinski definition) is 1. The maximum Gasteiger partial charge on any atom is 0.0593 e. The van der Waals surface area contributed by atoms with E-state index in [4.69, 9.17) is 9.47 Å². The molecule has 4 heteroatoms. The smallest absolute Gasteiger partial charge is 0.0593 e. The summed E-state index contributed by atoms with van der Waals surface area (Å²) < 4.78 is 10.7. The topological polar surface area (TPSA) is 33.7 Å². The number of nitrogens with one attached hydrogen (secondary N) is 1. The van der Waals surface area contributed by atoms with Crippen molar-refractivity contribution in [3.63, 3.8) is 0 Å². The van der Waals surface area contributed by atoms with Gasteiger partial charge >= 0.3 is 0 Å². The van der Waals surface area contributed by atoms with Crippen molar-refractivity contribution < 1.29 is 9.47 Å². The Morgan fingerprint density at radius 1 is 1.26 bits per heavy atom. The van der Waals surface area contributed by atoms with Crippen molar-refractivity contribution in [2.45, 2.75) is 51.6 Å². The van der Waals surface area contributed by atoms with Gasteiger partial charge in [-0.2, -0.15) is 0 Å². The van der Waals surface area contributed by atoms with E-state index in [0.29, 0.717) is 6.04 Å². The minimum Gasteiger partial charge on any atom is -0.385 e. The van der Waals surface area contributed by atoms with Gasteiger partial charge < -0.3 is 14.8 Å². The molecule has 0 radical (unpaired) electrons. The summed E-state index contributed by atoms with van der Waals surface area (Å²) in [4.78, 5) is 2.59. The largest absolute Gasteiger partial charge is 0.385 e. The molecule has 0 aromatic carbocycles. The van der Waals surface area contributed by atoms with Crippen molar-refractivity contribution in [3.05, 3.63) is 0 Å². The van der Waals surface area contributed by atoms with Gasteiger partial charge in [0, 0.05) is 51.5 Å². The molecule has 19 heavy (non-hydrogen) atoms. The highest BCUT2D eigenvalue weighted by molar-refractivity contribution is 4.93. The maximum atomic E-state index is 5.69. The Hall–Kier alpha value is -0.160. The van der Waals surface area contributed by atoms with Crippen molar-refractivity contribution in [1.82, 2.24) is 10.2 Å². The molecule has 114 valence electrons. The molecule has 0 bridgehead atoms. The van der Waals surface area contributed by atoms with Crippen LogP contribution in [0.3, 0.4) is 0 Å². The van der Waals surface area contributed by atoms with Crippen LogP contribution in [0.15, 0.2) is 0 Å². The number of methoxy groups -OCH3 is 1. The van der Waals surface area contributed by atoms with E-state index in [0.717, 1.165) is 45.9 Å². The highest BCUT2D eigenvalue weighted by atomic mass is 16.5. The monoisotopic (exact) mass is 272 g/mol. The van der Waals surface area contributed by atoms with Crippen LogP contribution in [0, 0.1) is 0 Å². The Morgan fingerprint density at radius 2 is 2.05 bits per heavy atom. The minimum atomic E-state index is 0.266. The minimum absolute atomic E-state index is 0.266. The molecule has 0 spiro atoms. The highest BCUT2D eigenvalue weighted by Crippen LogP contribution is 2.19. The molecule has 1 saturated heterocycles. The second kappa shape index (κ2) is 8.90. The van der Waals surface area contributed by atoms with Crippen LogP contribution in [0.2, 0.25) is 0 Å². The fourth-order valence-corrected chi connectivity index (χ4v) is 2.62. The fourth-order valence-electron chi connectivity index (χ4n) is 2.62. The summed E-state index contributed by atoms with van der Waals surface area (Å²) in [6.45, 7) is 12.6. The van der Waals surface area contributed by atoms with Crippen LogP contribution >= 0.6 is 0 Å². The molecule has 1 N–H and O–H groups in total. The van der Waals surface area contributed by atoms with Gasteiger partial charge in [0.1, 0.15) is 0 Å². The second-order valence-corrected chi connectivity index (χ2v) is 5.79. The summed E-state index contributed by atoms with van der Waals surface area (Å²) in [5, 5.41) is 3.70. The van der Waals surface area contributed by atoms with Gasteiger partial charge in [-0.3, -0.25) is 4.90 Å². The van der Waals surface area contributed by atoms with Gasteiger partial charge in [-0.25, -0.2) is 0 Å². The van der Waals surface area contributed by atoms with E-state index in [9.17, 15) is 0 Å². The Labute approximate surface area is 118 Å². The van der Waals surface area contributed by atoms with E-state index in [1.807, 2.05) is 0 Å². The van der Waals surface area contributed by atoms with E-state index in [1.165, 1.54) is 12.8 Å². The van der Waals surface area contributed by atoms with Crippen molar-refractivity contribution in [1.29, 1.82) is 0 Å². The normalized spacial score (nSPS) is 28.7. The van der Waals surface area contributed by atoms with Crippen LogP contribution in [-0.2, 0) is 9.47 Å². The molecule has 2 unspecified atom stereocenters. The molecule has 1 aliphatic heterocycles. The van der Waals surface area contributed by atoms with E-state index in [1.54, 1.807) is 7.11 Å². The second-order valence-electron chi connectivity index (χ2n) is 5.79. The lowest BCUT2D eigenvalue weighted by molar-refractivity contribution is 0.0374. The predicted molar refractivity (Wildman–Crippen MR) is 79.7 cm³/mol. The number of rotatable bonds is 9. The fraction of sp³-hybridized carbons (Fsp3) is 1.00. The third-order valence-electron chi connectivity index (χ3n) is 4.24. The lowest BCUT2D eigenvalue weighted by Crippen LogP contribution is -2.62. The molecular weight excluding hydrogens is 240 g/mol. The first-order valence-corrected chi connectivity index (χ1v) is 7.71. The molecule has 0 aromatic heterocycles. The van der Waals surface area contributed by atoms with Crippen LogP contribution in [0.5, 0.6) is 0 Å². The third kappa shape index (κ3) is 5.78. The average molecular weight is 272 g/mol. The van der Waals surface area contributed by atoms with Gasteiger partial charge in [0.2, 0.25) is 0 Å². The average Bonchev–Trinajstić information content (AvgIpc) is 2.43. The van der Waals surface area contributed by atoms with Gasteiger partial charge in [0.05, 0.1) is 6.61 Å². The van der Waals surface area contributed by atoms with E-state index in [-0.39, 0.29) is 5.54 Å². The molecule has 0 aliphatic carbocycles. The Balaban J connectivity index is 2.27. The number of nitrogens with zero attached hydrogens (tertiary/aromatic N) is 1. The SMILES string of the molecule is CCC1CNC(C)(CC)CN1CCOCCCOC. The lowest BCUT2D eigenvalue weighted by Gasteiger charge is -2.46. The zero-order chi connectivity index (χ0) is 14.1.